The molecule has 2 heterocycles. The van der Waals surface area contributed by atoms with Crippen molar-refractivity contribution < 1.29 is 17.9 Å². The molecular weight excluding hydrogens is 403 g/mol. The summed E-state index contributed by atoms with van der Waals surface area (Å²) in [5.74, 6) is 1.10. The van der Waals surface area contributed by atoms with Crippen LogP contribution in [0.1, 0.15) is 37.5 Å². The number of nitrogens with two attached hydrogens (primary N) is 1. The lowest BCUT2D eigenvalue weighted by molar-refractivity contribution is -0.214. The minimum Gasteiger partial charge on any atom is -0.385 e. The summed E-state index contributed by atoms with van der Waals surface area (Å²) in [4.78, 5) is 7.89. The van der Waals surface area contributed by atoms with Crippen molar-refractivity contribution in [1.82, 2.24) is 4.98 Å². The molecule has 1 unspecified atom stereocenters. The summed E-state index contributed by atoms with van der Waals surface area (Å²) >= 11 is 5.88. The second-order valence-corrected chi connectivity index (χ2v) is 7.82. The third-order valence-electron chi connectivity index (χ3n) is 4.86. The quantitative estimate of drug-likeness (QED) is 0.699. The van der Waals surface area contributed by atoms with Crippen LogP contribution in [-0.2, 0) is 10.3 Å². The zero-order chi connectivity index (χ0) is 21.4. The van der Waals surface area contributed by atoms with Crippen LogP contribution in [0.2, 0.25) is 5.02 Å². The van der Waals surface area contributed by atoms with Crippen LogP contribution in [0.25, 0.3) is 0 Å². The standard InChI is InChI=1S/C21H19ClF3N3O/c1-19(2)21(24,25)20(3,28-18(26)12-29-19)16-9-13(6-7-17(16)23)4-5-14-8-15(22)11-27-10-14/h6-11H,12H2,1-3H3,(H2,26,28). The Morgan fingerprint density at radius 3 is 2.48 bits per heavy atom. The number of hydrogen-bond acceptors (Lipinski definition) is 4. The van der Waals surface area contributed by atoms with Gasteiger partial charge in [0.2, 0.25) is 0 Å². The summed E-state index contributed by atoms with van der Waals surface area (Å²) in [6, 6.07) is 5.35. The molecule has 0 radical (unpaired) electrons. The number of aliphatic imine (C=N–C) groups is 1. The average Bonchev–Trinajstić information content (AvgIpc) is 2.70. The van der Waals surface area contributed by atoms with E-state index in [2.05, 4.69) is 21.8 Å². The molecule has 1 aromatic heterocycles. The van der Waals surface area contributed by atoms with Crippen molar-refractivity contribution >= 4 is 17.4 Å². The molecule has 0 spiro atoms. The SMILES string of the molecule is CC1(C)OCC(N)=NC(C)(c2cc(C#Cc3cncc(Cl)c3)ccc2F)C1(F)F. The lowest BCUT2D eigenvalue weighted by Crippen LogP contribution is -2.56. The molecule has 4 nitrogen and oxygen atoms in total. The van der Waals surface area contributed by atoms with Crippen molar-refractivity contribution in [1.29, 1.82) is 0 Å². The molecule has 8 heteroatoms. The van der Waals surface area contributed by atoms with Gasteiger partial charge in [0.25, 0.3) is 0 Å². The molecule has 2 aromatic rings. The Labute approximate surface area is 171 Å². The lowest BCUT2D eigenvalue weighted by Gasteiger charge is -2.41. The lowest BCUT2D eigenvalue weighted by atomic mass is 9.77. The predicted molar refractivity (Wildman–Crippen MR) is 106 cm³/mol. The highest BCUT2D eigenvalue weighted by molar-refractivity contribution is 6.30. The van der Waals surface area contributed by atoms with E-state index in [0.717, 1.165) is 13.0 Å². The van der Waals surface area contributed by atoms with Gasteiger partial charge in [-0.25, -0.2) is 13.2 Å². The van der Waals surface area contributed by atoms with E-state index in [0.29, 0.717) is 16.1 Å². The molecule has 1 aliphatic heterocycles. The van der Waals surface area contributed by atoms with E-state index in [1.165, 1.54) is 38.4 Å². The Hall–Kier alpha value is -2.56. The number of pyridine rings is 1. The van der Waals surface area contributed by atoms with Crippen LogP contribution in [0, 0.1) is 17.7 Å². The van der Waals surface area contributed by atoms with Crippen LogP contribution in [0.15, 0.2) is 41.7 Å². The Bertz CT molecular complexity index is 1040. The predicted octanol–water partition coefficient (Wildman–Crippen LogP) is 4.29. The van der Waals surface area contributed by atoms with Crippen molar-refractivity contribution in [3.05, 3.63) is 64.2 Å². The van der Waals surface area contributed by atoms with Crippen LogP contribution in [-0.4, -0.2) is 29.0 Å². The number of benzene rings is 1. The minimum atomic E-state index is -3.56. The number of ether oxygens (including phenoxy) is 1. The molecule has 0 saturated heterocycles. The van der Waals surface area contributed by atoms with Gasteiger partial charge in [-0.1, -0.05) is 23.4 Å². The Morgan fingerprint density at radius 2 is 1.79 bits per heavy atom. The van der Waals surface area contributed by atoms with Gasteiger partial charge in [0.15, 0.2) is 5.54 Å². The van der Waals surface area contributed by atoms with E-state index < -0.39 is 22.9 Å². The summed E-state index contributed by atoms with van der Waals surface area (Å²) in [7, 11) is 0. The Balaban J connectivity index is 2.13. The smallest absolute Gasteiger partial charge is 0.304 e. The van der Waals surface area contributed by atoms with Gasteiger partial charge in [-0.05, 0) is 45.0 Å². The van der Waals surface area contributed by atoms with Crippen LogP contribution in [0.5, 0.6) is 0 Å². The van der Waals surface area contributed by atoms with E-state index >= 15 is 8.78 Å². The molecule has 0 saturated carbocycles. The first-order valence-electron chi connectivity index (χ1n) is 8.75. The number of amidine groups is 1. The molecule has 0 aliphatic carbocycles. The monoisotopic (exact) mass is 421 g/mol. The van der Waals surface area contributed by atoms with Crippen molar-refractivity contribution in [3.8, 4) is 11.8 Å². The molecule has 0 bridgehead atoms. The summed E-state index contributed by atoms with van der Waals surface area (Å²) < 4.78 is 50.8. The van der Waals surface area contributed by atoms with Gasteiger partial charge in [-0.3, -0.25) is 9.98 Å². The highest BCUT2D eigenvalue weighted by atomic mass is 35.5. The minimum absolute atomic E-state index is 0.140. The third kappa shape index (κ3) is 3.83. The largest absolute Gasteiger partial charge is 0.385 e. The van der Waals surface area contributed by atoms with Crippen LogP contribution in [0.3, 0.4) is 0 Å². The second-order valence-electron chi connectivity index (χ2n) is 7.39. The zero-order valence-corrected chi connectivity index (χ0v) is 16.8. The fourth-order valence-electron chi connectivity index (χ4n) is 3.15. The molecule has 3 rings (SSSR count). The molecule has 2 N–H and O–H groups in total. The highest BCUT2D eigenvalue weighted by Gasteiger charge is 2.63. The van der Waals surface area contributed by atoms with Gasteiger partial charge in [-0.15, -0.1) is 0 Å². The van der Waals surface area contributed by atoms with E-state index in [1.807, 2.05) is 0 Å². The zero-order valence-electron chi connectivity index (χ0n) is 16.1. The van der Waals surface area contributed by atoms with Crippen molar-refractivity contribution in [2.24, 2.45) is 10.7 Å². The average molecular weight is 422 g/mol. The normalized spacial score (nSPS) is 22.8. The second kappa shape index (κ2) is 7.36. The molecule has 29 heavy (non-hydrogen) atoms. The number of nitrogens with zero attached hydrogens (tertiary/aromatic N) is 2. The molecule has 152 valence electrons. The number of aromatic nitrogens is 1. The van der Waals surface area contributed by atoms with Crippen molar-refractivity contribution in [3.63, 3.8) is 0 Å². The Morgan fingerprint density at radius 1 is 1.10 bits per heavy atom. The van der Waals surface area contributed by atoms with Gasteiger partial charge in [0.05, 0.1) is 5.02 Å². The van der Waals surface area contributed by atoms with Crippen LogP contribution in [0.4, 0.5) is 13.2 Å². The third-order valence-corrected chi connectivity index (χ3v) is 5.07. The van der Waals surface area contributed by atoms with Gasteiger partial charge >= 0.3 is 5.92 Å². The van der Waals surface area contributed by atoms with E-state index in [-0.39, 0.29) is 18.0 Å². The van der Waals surface area contributed by atoms with Gasteiger partial charge in [0, 0.05) is 29.1 Å². The summed E-state index contributed by atoms with van der Waals surface area (Å²) in [5, 5.41) is 0.411. The van der Waals surface area contributed by atoms with Crippen molar-refractivity contribution in [2.45, 2.75) is 37.8 Å². The van der Waals surface area contributed by atoms with E-state index in [4.69, 9.17) is 22.1 Å². The van der Waals surface area contributed by atoms with Crippen LogP contribution < -0.4 is 5.73 Å². The maximum atomic E-state index is 15.4. The Kier molecular flexibility index (Phi) is 5.37. The first-order valence-corrected chi connectivity index (χ1v) is 9.13. The summed E-state index contributed by atoms with van der Waals surface area (Å²) in [6.07, 6.45) is 2.97. The molecule has 1 aliphatic rings. The molecule has 1 aromatic carbocycles. The van der Waals surface area contributed by atoms with E-state index in [1.54, 1.807) is 6.07 Å². The van der Waals surface area contributed by atoms with Crippen molar-refractivity contribution in [2.75, 3.05) is 6.61 Å². The van der Waals surface area contributed by atoms with E-state index in [9.17, 15) is 4.39 Å². The highest BCUT2D eigenvalue weighted by Crippen LogP contribution is 2.50. The fourth-order valence-corrected chi connectivity index (χ4v) is 3.32. The maximum Gasteiger partial charge on any atom is 0.304 e. The van der Waals surface area contributed by atoms with Gasteiger partial charge in [0.1, 0.15) is 23.9 Å². The topological polar surface area (TPSA) is 60.5 Å². The summed E-state index contributed by atoms with van der Waals surface area (Å²) in [6.45, 7) is 3.33. The first-order chi connectivity index (χ1) is 13.5. The first kappa shape index (κ1) is 21.2. The molecule has 0 amide bonds. The molecule has 0 fully saturated rings. The number of alkyl halides is 2. The number of halogens is 4. The van der Waals surface area contributed by atoms with Gasteiger partial charge < -0.3 is 10.5 Å². The summed E-state index contributed by atoms with van der Waals surface area (Å²) in [5.41, 5.74) is 2.09. The maximum absolute atomic E-state index is 15.4. The van der Waals surface area contributed by atoms with Crippen LogP contribution >= 0.6 is 11.6 Å². The van der Waals surface area contributed by atoms with Gasteiger partial charge in [-0.2, -0.15) is 0 Å². The number of rotatable bonds is 1. The molecule has 1 atom stereocenters. The molecular formula is C21H19ClF3N3O. The fraction of sp³-hybridized carbons (Fsp3) is 0.333. The number of hydrogen-bond donors (Lipinski definition) is 1.